The lowest BCUT2D eigenvalue weighted by Crippen LogP contribution is -2.41. The molecule has 7 nitrogen and oxygen atoms in total. The third-order valence-electron chi connectivity index (χ3n) is 3.56. The van der Waals surface area contributed by atoms with Gasteiger partial charge >= 0.3 is 5.69 Å². The Morgan fingerprint density at radius 2 is 2.05 bits per heavy atom. The number of nitrogens with zero attached hydrogens (tertiary/aromatic N) is 1. The van der Waals surface area contributed by atoms with E-state index in [0.29, 0.717) is 19.4 Å². The van der Waals surface area contributed by atoms with Crippen molar-refractivity contribution in [3.63, 3.8) is 0 Å². The molecule has 1 aromatic rings. The molecule has 0 bridgehead atoms. The zero-order chi connectivity index (χ0) is 15.3. The van der Waals surface area contributed by atoms with Gasteiger partial charge in [0.25, 0.3) is 5.56 Å². The summed E-state index contributed by atoms with van der Waals surface area (Å²) in [6.07, 6.45) is 1.92. The van der Waals surface area contributed by atoms with Gasteiger partial charge in [-0.25, -0.2) is 4.79 Å². The first-order valence-electron chi connectivity index (χ1n) is 6.90. The molecule has 0 saturated heterocycles. The zero-order valence-corrected chi connectivity index (χ0v) is 12.3. The van der Waals surface area contributed by atoms with E-state index in [9.17, 15) is 9.59 Å². The summed E-state index contributed by atoms with van der Waals surface area (Å²) in [7, 11) is 0. The molecule has 1 atom stereocenters. The van der Waals surface area contributed by atoms with Gasteiger partial charge in [0.2, 0.25) is 0 Å². The largest absolute Gasteiger partial charge is 0.396 e. The number of nitrogens with one attached hydrogen (secondary N) is 2. The van der Waals surface area contributed by atoms with Crippen LogP contribution in [0.3, 0.4) is 0 Å². The van der Waals surface area contributed by atoms with Gasteiger partial charge in [0.1, 0.15) is 11.5 Å². The number of aliphatic hydroxyl groups is 1. The SMILES string of the molecule is CCCn1c(N)c(NC(C)(CC)CCO)c(=O)[nH]c1=O. The maximum Gasteiger partial charge on any atom is 0.330 e. The first-order chi connectivity index (χ1) is 9.38. The molecule has 7 heteroatoms. The first kappa shape index (κ1) is 16.3. The van der Waals surface area contributed by atoms with E-state index < -0.39 is 16.8 Å². The monoisotopic (exact) mass is 284 g/mol. The highest BCUT2D eigenvalue weighted by Gasteiger charge is 2.24. The van der Waals surface area contributed by atoms with Crippen LogP contribution in [0, 0.1) is 0 Å². The maximum absolute atomic E-state index is 11.9. The predicted octanol–water partition coefficient (Wildman–Crippen LogP) is 0.492. The highest BCUT2D eigenvalue weighted by atomic mass is 16.3. The molecular weight excluding hydrogens is 260 g/mol. The molecule has 20 heavy (non-hydrogen) atoms. The second-order valence-corrected chi connectivity index (χ2v) is 5.18. The number of nitrogens with two attached hydrogens (primary N) is 1. The van der Waals surface area contributed by atoms with E-state index in [2.05, 4.69) is 10.3 Å². The summed E-state index contributed by atoms with van der Waals surface area (Å²) < 4.78 is 1.35. The number of nitrogen functional groups attached to an aromatic ring is 1. The smallest absolute Gasteiger partial charge is 0.330 e. The van der Waals surface area contributed by atoms with Crippen molar-refractivity contribution in [2.75, 3.05) is 17.7 Å². The van der Waals surface area contributed by atoms with Crippen molar-refractivity contribution in [3.05, 3.63) is 20.8 Å². The van der Waals surface area contributed by atoms with Crippen molar-refractivity contribution < 1.29 is 5.11 Å². The molecule has 1 aromatic heterocycles. The molecule has 1 heterocycles. The average molecular weight is 284 g/mol. The van der Waals surface area contributed by atoms with Crippen LogP contribution >= 0.6 is 0 Å². The Hall–Kier alpha value is -1.76. The van der Waals surface area contributed by atoms with Crippen molar-refractivity contribution in [1.82, 2.24) is 9.55 Å². The highest BCUT2D eigenvalue weighted by Crippen LogP contribution is 2.22. The summed E-state index contributed by atoms with van der Waals surface area (Å²) in [6.45, 7) is 6.22. The maximum atomic E-state index is 11.9. The van der Waals surface area contributed by atoms with Gasteiger partial charge in [-0.1, -0.05) is 13.8 Å². The van der Waals surface area contributed by atoms with Gasteiger partial charge in [0, 0.05) is 18.7 Å². The van der Waals surface area contributed by atoms with Gasteiger partial charge in [0.15, 0.2) is 0 Å². The lowest BCUT2D eigenvalue weighted by Gasteiger charge is -2.30. The van der Waals surface area contributed by atoms with Crippen LogP contribution in [0.15, 0.2) is 9.59 Å². The molecule has 0 aliphatic carbocycles. The lowest BCUT2D eigenvalue weighted by atomic mass is 9.94. The third kappa shape index (κ3) is 3.41. The van der Waals surface area contributed by atoms with E-state index in [4.69, 9.17) is 10.8 Å². The van der Waals surface area contributed by atoms with Gasteiger partial charge < -0.3 is 16.2 Å². The molecule has 0 fully saturated rings. The zero-order valence-electron chi connectivity index (χ0n) is 12.3. The van der Waals surface area contributed by atoms with Crippen LogP contribution in [0.25, 0.3) is 0 Å². The molecule has 5 N–H and O–H groups in total. The minimum absolute atomic E-state index is 0.00372. The Bertz CT molecular complexity index is 564. The third-order valence-corrected chi connectivity index (χ3v) is 3.56. The van der Waals surface area contributed by atoms with Crippen molar-refractivity contribution in [2.45, 2.75) is 52.1 Å². The van der Waals surface area contributed by atoms with Crippen LogP contribution < -0.4 is 22.3 Å². The molecule has 0 aliphatic rings. The van der Waals surface area contributed by atoms with E-state index in [1.54, 1.807) is 0 Å². The quantitative estimate of drug-likeness (QED) is 0.582. The van der Waals surface area contributed by atoms with Crippen molar-refractivity contribution in [1.29, 1.82) is 0 Å². The van der Waals surface area contributed by atoms with Crippen LogP contribution in [0.5, 0.6) is 0 Å². The van der Waals surface area contributed by atoms with E-state index >= 15 is 0 Å². The topological polar surface area (TPSA) is 113 Å². The summed E-state index contributed by atoms with van der Waals surface area (Å²) in [6, 6.07) is 0. The van der Waals surface area contributed by atoms with Crippen molar-refractivity contribution in [3.8, 4) is 0 Å². The Balaban J connectivity index is 3.28. The predicted molar refractivity (Wildman–Crippen MR) is 80.0 cm³/mol. The number of hydrogen-bond acceptors (Lipinski definition) is 5. The number of hydrogen-bond donors (Lipinski definition) is 4. The van der Waals surface area contributed by atoms with E-state index in [1.165, 1.54) is 4.57 Å². The minimum Gasteiger partial charge on any atom is -0.396 e. The molecule has 0 saturated carbocycles. The van der Waals surface area contributed by atoms with Gasteiger partial charge in [-0.3, -0.25) is 14.3 Å². The van der Waals surface area contributed by atoms with Crippen molar-refractivity contribution in [2.24, 2.45) is 0 Å². The molecule has 114 valence electrons. The van der Waals surface area contributed by atoms with Crippen LogP contribution in [-0.2, 0) is 6.54 Å². The van der Waals surface area contributed by atoms with Crippen LogP contribution in [0.2, 0.25) is 0 Å². The Morgan fingerprint density at radius 1 is 1.40 bits per heavy atom. The molecule has 0 radical (unpaired) electrons. The lowest BCUT2D eigenvalue weighted by molar-refractivity contribution is 0.252. The van der Waals surface area contributed by atoms with E-state index in [-0.39, 0.29) is 18.1 Å². The molecule has 0 amide bonds. The fraction of sp³-hybridized carbons (Fsp3) is 0.692. The molecule has 0 aliphatic heterocycles. The summed E-state index contributed by atoms with van der Waals surface area (Å²) in [5.41, 5.74) is 4.65. The highest BCUT2D eigenvalue weighted by molar-refractivity contribution is 5.61. The number of rotatable bonds is 7. The summed E-state index contributed by atoms with van der Waals surface area (Å²) >= 11 is 0. The van der Waals surface area contributed by atoms with Gasteiger partial charge in [-0.05, 0) is 26.2 Å². The molecule has 1 unspecified atom stereocenters. The summed E-state index contributed by atoms with van der Waals surface area (Å²) in [5, 5.41) is 12.2. The number of aliphatic hydroxyl groups excluding tert-OH is 1. The standard InChI is InChI=1S/C13H24N4O3/c1-4-7-17-10(14)9(11(19)15-12(17)20)16-13(3,5-2)6-8-18/h16,18H,4-8,14H2,1-3H3,(H,15,19,20). The fourth-order valence-electron chi connectivity index (χ4n) is 2.03. The second kappa shape index (κ2) is 6.60. The number of H-pyrrole nitrogens is 1. The number of aromatic nitrogens is 2. The van der Waals surface area contributed by atoms with Crippen LogP contribution in [-0.4, -0.2) is 26.8 Å². The Kier molecular flexibility index (Phi) is 5.38. The van der Waals surface area contributed by atoms with Crippen molar-refractivity contribution >= 4 is 11.5 Å². The fourth-order valence-corrected chi connectivity index (χ4v) is 2.03. The molecule has 1 rings (SSSR count). The summed E-state index contributed by atoms with van der Waals surface area (Å²) in [4.78, 5) is 25.9. The van der Waals surface area contributed by atoms with E-state index in [0.717, 1.165) is 6.42 Å². The van der Waals surface area contributed by atoms with E-state index in [1.807, 2.05) is 20.8 Å². The minimum atomic E-state index is -0.530. The average Bonchev–Trinajstić information content (AvgIpc) is 2.40. The molecular formula is C13H24N4O3. The molecule has 0 aromatic carbocycles. The van der Waals surface area contributed by atoms with Crippen LogP contribution in [0.4, 0.5) is 11.5 Å². The number of anilines is 2. The van der Waals surface area contributed by atoms with Crippen LogP contribution in [0.1, 0.15) is 40.0 Å². The Morgan fingerprint density at radius 3 is 2.55 bits per heavy atom. The first-order valence-corrected chi connectivity index (χ1v) is 6.90. The number of aromatic amines is 1. The van der Waals surface area contributed by atoms with Gasteiger partial charge in [-0.15, -0.1) is 0 Å². The Labute approximate surface area is 117 Å². The summed E-state index contributed by atoms with van der Waals surface area (Å²) in [5.74, 6) is 0.137. The normalized spacial score (nSPS) is 14.0. The van der Waals surface area contributed by atoms with Gasteiger partial charge in [-0.2, -0.15) is 0 Å². The molecule has 0 spiro atoms. The van der Waals surface area contributed by atoms with Gasteiger partial charge in [0.05, 0.1) is 0 Å². The second-order valence-electron chi connectivity index (χ2n) is 5.18.